The average Bonchev–Trinajstić information content (AvgIpc) is 2.52. The van der Waals surface area contributed by atoms with Crippen LogP contribution in [0.2, 0.25) is 5.02 Å². The van der Waals surface area contributed by atoms with Gasteiger partial charge in [-0.2, -0.15) is 5.10 Å². The van der Waals surface area contributed by atoms with E-state index in [1.54, 1.807) is 13.3 Å². The van der Waals surface area contributed by atoms with Gasteiger partial charge in [-0.3, -0.25) is 5.43 Å². The Hall–Kier alpha value is -2.11. The molecule has 22 heavy (non-hydrogen) atoms. The quantitative estimate of drug-likeness (QED) is 0.505. The predicted molar refractivity (Wildman–Crippen MR) is 96.1 cm³/mol. The summed E-state index contributed by atoms with van der Waals surface area (Å²) in [5.74, 6) is 0.777. The molecule has 0 aliphatic rings. The molecule has 0 aliphatic heterocycles. The fourth-order valence-corrected chi connectivity index (χ4v) is 2.12. The molecular weight excluding hydrogens is 318 g/mol. The largest absolute Gasteiger partial charge is 0.497 e. The van der Waals surface area contributed by atoms with Crippen molar-refractivity contribution in [3.05, 3.63) is 58.6 Å². The molecule has 0 spiro atoms. The molecule has 2 N–H and O–H groups in total. The number of halogens is 1. The van der Waals surface area contributed by atoms with E-state index in [4.69, 9.17) is 28.6 Å². The zero-order chi connectivity index (χ0) is 15.9. The second-order valence-electron chi connectivity index (χ2n) is 4.51. The van der Waals surface area contributed by atoms with E-state index in [1.165, 1.54) is 0 Å². The monoisotopic (exact) mass is 333 g/mol. The van der Waals surface area contributed by atoms with E-state index in [0.717, 1.165) is 22.6 Å². The van der Waals surface area contributed by atoms with Gasteiger partial charge >= 0.3 is 0 Å². The maximum atomic E-state index is 6.07. The van der Waals surface area contributed by atoms with Crippen LogP contribution in [0.4, 0.5) is 5.69 Å². The van der Waals surface area contributed by atoms with Crippen molar-refractivity contribution in [1.82, 2.24) is 5.43 Å². The number of nitrogens with zero attached hydrogens (tertiary/aromatic N) is 1. The molecule has 0 unspecified atom stereocenters. The normalized spacial score (nSPS) is 10.5. The predicted octanol–water partition coefficient (Wildman–Crippen LogP) is 3.98. The molecule has 0 atom stereocenters. The van der Waals surface area contributed by atoms with Crippen LogP contribution in [0.15, 0.2) is 47.6 Å². The highest BCUT2D eigenvalue weighted by Crippen LogP contribution is 2.22. The lowest BCUT2D eigenvalue weighted by Crippen LogP contribution is -2.24. The van der Waals surface area contributed by atoms with Crippen molar-refractivity contribution >= 4 is 40.8 Å². The van der Waals surface area contributed by atoms with Crippen LogP contribution in [0.3, 0.4) is 0 Å². The highest BCUT2D eigenvalue weighted by atomic mass is 35.5. The summed E-state index contributed by atoms with van der Waals surface area (Å²) in [6, 6.07) is 13.2. The third kappa shape index (κ3) is 4.44. The van der Waals surface area contributed by atoms with Gasteiger partial charge in [-0.05, 0) is 54.5 Å². The molecule has 114 valence electrons. The molecule has 0 heterocycles. The van der Waals surface area contributed by atoms with Crippen LogP contribution in [-0.4, -0.2) is 18.4 Å². The minimum Gasteiger partial charge on any atom is -0.497 e. The summed E-state index contributed by atoms with van der Waals surface area (Å²) in [7, 11) is 1.63. The molecule has 0 aliphatic carbocycles. The van der Waals surface area contributed by atoms with Gasteiger partial charge in [0.2, 0.25) is 0 Å². The van der Waals surface area contributed by atoms with Gasteiger partial charge in [0.15, 0.2) is 5.11 Å². The van der Waals surface area contributed by atoms with Crippen LogP contribution in [0.25, 0.3) is 0 Å². The minimum absolute atomic E-state index is 0.393. The van der Waals surface area contributed by atoms with Gasteiger partial charge in [-0.25, -0.2) is 0 Å². The Morgan fingerprint density at radius 2 is 2.05 bits per heavy atom. The van der Waals surface area contributed by atoms with E-state index < -0.39 is 0 Å². The second-order valence-corrected chi connectivity index (χ2v) is 5.33. The molecule has 2 rings (SSSR count). The number of benzene rings is 2. The lowest BCUT2D eigenvalue weighted by molar-refractivity contribution is 0.415. The molecule has 0 amide bonds. The van der Waals surface area contributed by atoms with Crippen LogP contribution in [0.5, 0.6) is 5.75 Å². The van der Waals surface area contributed by atoms with Crippen LogP contribution in [-0.2, 0) is 0 Å². The molecule has 2 aromatic rings. The van der Waals surface area contributed by atoms with Gasteiger partial charge in [-0.1, -0.05) is 29.8 Å². The number of ether oxygens (including phenoxy) is 1. The van der Waals surface area contributed by atoms with E-state index >= 15 is 0 Å². The molecule has 0 radical (unpaired) electrons. The Balaban J connectivity index is 1.95. The van der Waals surface area contributed by atoms with Gasteiger partial charge in [-0.15, -0.1) is 0 Å². The molecular formula is C16H16ClN3OS. The summed E-state index contributed by atoms with van der Waals surface area (Å²) in [6.07, 6.45) is 1.67. The standard InChI is InChI=1S/C16H16ClN3OS/c1-11-14(17)7-4-8-15(11)19-16(22)20-18-10-12-5-3-6-13(9-12)21-2/h3-10H,1-2H3,(H2,19,20,22)/b18-10+. The Kier molecular flexibility index (Phi) is 5.75. The zero-order valence-electron chi connectivity index (χ0n) is 12.3. The first-order valence-electron chi connectivity index (χ1n) is 6.59. The van der Waals surface area contributed by atoms with Crippen molar-refractivity contribution in [1.29, 1.82) is 0 Å². The van der Waals surface area contributed by atoms with Gasteiger partial charge in [0.05, 0.1) is 13.3 Å². The highest BCUT2D eigenvalue weighted by molar-refractivity contribution is 7.80. The van der Waals surface area contributed by atoms with E-state index in [9.17, 15) is 0 Å². The van der Waals surface area contributed by atoms with E-state index in [1.807, 2.05) is 49.4 Å². The summed E-state index contributed by atoms with van der Waals surface area (Å²) < 4.78 is 5.15. The average molecular weight is 334 g/mol. The number of hydrazone groups is 1. The smallest absolute Gasteiger partial charge is 0.191 e. The molecule has 6 heteroatoms. The van der Waals surface area contributed by atoms with Crippen molar-refractivity contribution in [3.8, 4) is 5.75 Å². The Morgan fingerprint density at radius 3 is 2.82 bits per heavy atom. The molecule has 2 aromatic carbocycles. The van der Waals surface area contributed by atoms with Crippen LogP contribution in [0, 0.1) is 6.92 Å². The minimum atomic E-state index is 0.393. The Labute approximate surface area is 140 Å². The number of hydrogen-bond donors (Lipinski definition) is 2. The van der Waals surface area contributed by atoms with Crippen molar-refractivity contribution in [3.63, 3.8) is 0 Å². The fourth-order valence-electron chi connectivity index (χ4n) is 1.78. The van der Waals surface area contributed by atoms with Crippen molar-refractivity contribution in [2.75, 3.05) is 12.4 Å². The molecule has 0 aromatic heterocycles. The number of rotatable bonds is 4. The number of anilines is 1. The Bertz CT molecular complexity index is 704. The van der Waals surface area contributed by atoms with Gasteiger partial charge in [0, 0.05) is 10.7 Å². The highest BCUT2D eigenvalue weighted by Gasteiger charge is 2.03. The zero-order valence-corrected chi connectivity index (χ0v) is 13.8. The first-order chi connectivity index (χ1) is 10.6. The summed E-state index contributed by atoms with van der Waals surface area (Å²) in [5, 5.41) is 8.24. The van der Waals surface area contributed by atoms with E-state index in [2.05, 4.69) is 15.8 Å². The molecule has 0 saturated carbocycles. The summed E-state index contributed by atoms with van der Waals surface area (Å²) >= 11 is 11.3. The maximum absolute atomic E-state index is 6.07. The Morgan fingerprint density at radius 1 is 1.27 bits per heavy atom. The van der Waals surface area contributed by atoms with Crippen molar-refractivity contribution in [2.45, 2.75) is 6.92 Å². The van der Waals surface area contributed by atoms with Gasteiger partial charge < -0.3 is 10.1 Å². The SMILES string of the molecule is COc1cccc(/C=N/NC(=S)Nc2cccc(Cl)c2C)c1. The van der Waals surface area contributed by atoms with Crippen LogP contribution < -0.4 is 15.5 Å². The lowest BCUT2D eigenvalue weighted by Gasteiger charge is -2.10. The summed E-state index contributed by atoms with van der Waals surface area (Å²) in [4.78, 5) is 0. The number of hydrogen-bond acceptors (Lipinski definition) is 3. The number of methoxy groups -OCH3 is 1. The number of nitrogens with one attached hydrogen (secondary N) is 2. The summed E-state index contributed by atoms with van der Waals surface area (Å²) in [6.45, 7) is 1.92. The van der Waals surface area contributed by atoms with E-state index in [-0.39, 0.29) is 0 Å². The molecule has 0 saturated heterocycles. The van der Waals surface area contributed by atoms with Gasteiger partial charge in [0.25, 0.3) is 0 Å². The third-order valence-electron chi connectivity index (χ3n) is 2.99. The van der Waals surface area contributed by atoms with Gasteiger partial charge in [0.1, 0.15) is 5.75 Å². The number of thiocarbonyl (C=S) groups is 1. The van der Waals surface area contributed by atoms with Crippen molar-refractivity contribution < 1.29 is 4.74 Å². The van der Waals surface area contributed by atoms with Crippen LogP contribution >= 0.6 is 23.8 Å². The van der Waals surface area contributed by atoms with E-state index in [0.29, 0.717) is 10.1 Å². The fraction of sp³-hybridized carbons (Fsp3) is 0.125. The first kappa shape index (κ1) is 16.3. The molecule has 4 nitrogen and oxygen atoms in total. The summed E-state index contributed by atoms with van der Waals surface area (Å²) in [5.41, 5.74) is 5.46. The maximum Gasteiger partial charge on any atom is 0.191 e. The second kappa shape index (κ2) is 7.77. The lowest BCUT2D eigenvalue weighted by atomic mass is 10.2. The van der Waals surface area contributed by atoms with Crippen LogP contribution in [0.1, 0.15) is 11.1 Å². The molecule has 0 bridgehead atoms. The third-order valence-corrected chi connectivity index (χ3v) is 3.59. The van der Waals surface area contributed by atoms with Crippen molar-refractivity contribution in [2.24, 2.45) is 5.10 Å². The first-order valence-corrected chi connectivity index (χ1v) is 7.38. The molecule has 0 fully saturated rings. The topological polar surface area (TPSA) is 45.6 Å².